The number of aromatic amines is 1. The van der Waals surface area contributed by atoms with Gasteiger partial charge in [-0.1, -0.05) is 48.5 Å². The van der Waals surface area contributed by atoms with E-state index >= 15 is 0 Å². The molecule has 0 spiro atoms. The molecule has 0 aliphatic heterocycles. The van der Waals surface area contributed by atoms with E-state index in [1.54, 1.807) is 11.3 Å². The maximum atomic E-state index is 13.1. The van der Waals surface area contributed by atoms with Crippen LogP contribution in [0.15, 0.2) is 78.2 Å². The van der Waals surface area contributed by atoms with Crippen molar-refractivity contribution in [2.45, 2.75) is 6.54 Å². The fraction of sp³-hybridized carbons (Fsp3) is 0.0500. The maximum absolute atomic E-state index is 13.1. The number of hydrogen-bond donors (Lipinski definition) is 1. The lowest BCUT2D eigenvalue weighted by Gasteiger charge is -2.22. The highest BCUT2D eigenvalue weighted by atomic mass is 32.1. The highest BCUT2D eigenvalue weighted by Crippen LogP contribution is 2.25. The molecule has 4 rings (SSSR count). The molecule has 4 heteroatoms. The second-order valence-corrected chi connectivity index (χ2v) is 6.54. The van der Waals surface area contributed by atoms with Gasteiger partial charge < -0.3 is 9.88 Å². The summed E-state index contributed by atoms with van der Waals surface area (Å²) in [7, 11) is 0. The van der Waals surface area contributed by atoms with Gasteiger partial charge in [-0.3, -0.25) is 4.79 Å². The van der Waals surface area contributed by atoms with Crippen LogP contribution in [0.3, 0.4) is 0 Å². The highest BCUT2D eigenvalue weighted by Gasteiger charge is 2.20. The number of amides is 1. The smallest absolute Gasteiger partial charge is 0.275 e. The van der Waals surface area contributed by atoms with Gasteiger partial charge in [0.15, 0.2) is 0 Å². The summed E-state index contributed by atoms with van der Waals surface area (Å²) in [6, 6.07) is 23.8. The number of thiophene rings is 1. The van der Waals surface area contributed by atoms with Crippen molar-refractivity contribution < 1.29 is 4.79 Å². The molecule has 0 fully saturated rings. The minimum absolute atomic E-state index is 0.0200. The number of benzene rings is 2. The van der Waals surface area contributed by atoms with Gasteiger partial charge in [0.05, 0.1) is 16.8 Å². The quantitative estimate of drug-likeness (QED) is 0.556. The molecule has 0 saturated heterocycles. The summed E-state index contributed by atoms with van der Waals surface area (Å²) >= 11 is 1.64. The van der Waals surface area contributed by atoms with Crippen LogP contribution in [0.25, 0.3) is 10.2 Å². The zero-order valence-electron chi connectivity index (χ0n) is 13.0. The normalized spacial score (nSPS) is 10.8. The number of rotatable bonds is 4. The molecule has 1 amide bonds. The van der Waals surface area contributed by atoms with E-state index in [9.17, 15) is 4.79 Å². The number of anilines is 1. The Kier molecular flexibility index (Phi) is 3.89. The predicted molar refractivity (Wildman–Crippen MR) is 99.6 cm³/mol. The van der Waals surface area contributed by atoms with Crippen molar-refractivity contribution >= 4 is 33.1 Å². The van der Waals surface area contributed by atoms with Crippen molar-refractivity contribution in [3.05, 3.63) is 89.4 Å². The lowest BCUT2D eigenvalue weighted by atomic mass is 10.2. The molecule has 118 valence electrons. The predicted octanol–water partition coefficient (Wildman–Crippen LogP) is 5.08. The van der Waals surface area contributed by atoms with E-state index in [1.807, 2.05) is 83.1 Å². The fourth-order valence-corrected chi connectivity index (χ4v) is 3.55. The van der Waals surface area contributed by atoms with E-state index in [2.05, 4.69) is 4.98 Å². The van der Waals surface area contributed by atoms with Crippen LogP contribution in [-0.4, -0.2) is 10.9 Å². The van der Waals surface area contributed by atoms with Gasteiger partial charge in [-0.15, -0.1) is 11.3 Å². The summed E-state index contributed by atoms with van der Waals surface area (Å²) in [6.45, 7) is 0.538. The average molecular weight is 332 g/mol. The first-order valence-electron chi connectivity index (χ1n) is 7.78. The standard InChI is InChI=1S/C20H16N2OS/c23-20(18-13-19-17(21-18)11-12-24-19)22(16-9-5-2-6-10-16)14-15-7-3-1-4-8-15/h1-13,21H,14H2. The average Bonchev–Trinajstić information content (AvgIpc) is 3.23. The third-order valence-electron chi connectivity index (χ3n) is 3.97. The van der Waals surface area contributed by atoms with Crippen LogP contribution in [0.1, 0.15) is 16.1 Å². The Balaban J connectivity index is 1.71. The lowest BCUT2D eigenvalue weighted by molar-refractivity contribution is 0.0981. The van der Waals surface area contributed by atoms with Crippen LogP contribution in [0.5, 0.6) is 0 Å². The second kappa shape index (κ2) is 6.34. The van der Waals surface area contributed by atoms with E-state index in [0.717, 1.165) is 21.5 Å². The molecule has 4 aromatic rings. The number of carbonyl (C=O) groups excluding carboxylic acids is 1. The van der Waals surface area contributed by atoms with Crippen molar-refractivity contribution in [3.63, 3.8) is 0 Å². The first kappa shape index (κ1) is 14.7. The molecule has 0 radical (unpaired) electrons. The van der Waals surface area contributed by atoms with Gasteiger partial charge >= 0.3 is 0 Å². The van der Waals surface area contributed by atoms with Gasteiger partial charge in [0.1, 0.15) is 5.69 Å². The number of H-pyrrole nitrogens is 1. The van der Waals surface area contributed by atoms with Crippen molar-refractivity contribution in [1.29, 1.82) is 0 Å². The van der Waals surface area contributed by atoms with Crippen molar-refractivity contribution in [2.24, 2.45) is 0 Å². The number of para-hydroxylation sites is 1. The molecule has 0 unspecified atom stereocenters. The summed E-state index contributed by atoms with van der Waals surface area (Å²) in [4.78, 5) is 18.2. The fourth-order valence-electron chi connectivity index (χ4n) is 2.76. The van der Waals surface area contributed by atoms with E-state index in [-0.39, 0.29) is 5.91 Å². The molecule has 3 nitrogen and oxygen atoms in total. The van der Waals surface area contributed by atoms with Gasteiger partial charge in [0, 0.05) is 5.69 Å². The third kappa shape index (κ3) is 2.84. The molecule has 2 aromatic heterocycles. The van der Waals surface area contributed by atoms with Crippen LogP contribution in [0.4, 0.5) is 5.69 Å². The number of fused-ring (bicyclic) bond motifs is 1. The van der Waals surface area contributed by atoms with E-state index in [1.165, 1.54) is 0 Å². The molecule has 0 aliphatic carbocycles. The summed E-state index contributed by atoms with van der Waals surface area (Å²) in [5.41, 5.74) is 3.63. The lowest BCUT2D eigenvalue weighted by Crippen LogP contribution is -2.30. The topological polar surface area (TPSA) is 36.1 Å². The minimum atomic E-state index is -0.0200. The molecule has 2 heterocycles. The first-order chi connectivity index (χ1) is 11.8. The number of hydrogen-bond acceptors (Lipinski definition) is 2. The number of nitrogens with one attached hydrogen (secondary N) is 1. The summed E-state index contributed by atoms with van der Waals surface area (Å²) in [5, 5.41) is 2.02. The molecule has 0 saturated carbocycles. The summed E-state index contributed by atoms with van der Waals surface area (Å²) in [6.07, 6.45) is 0. The Morgan fingerprint density at radius 2 is 1.67 bits per heavy atom. The summed E-state index contributed by atoms with van der Waals surface area (Å²) < 4.78 is 1.10. The molecule has 0 aliphatic rings. The maximum Gasteiger partial charge on any atom is 0.275 e. The molecule has 2 aromatic carbocycles. The van der Waals surface area contributed by atoms with Gasteiger partial charge in [-0.25, -0.2) is 0 Å². The zero-order valence-corrected chi connectivity index (χ0v) is 13.8. The van der Waals surface area contributed by atoms with E-state index in [4.69, 9.17) is 0 Å². The Labute approximate surface area is 144 Å². The van der Waals surface area contributed by atoms with Crippen LogP contribution in [0.2, 0.25) is 0 Å². The number of aromatic nitrogens is 1. The van der Waals surface area contributed by atoms with Crippen LogP contribution < -0.4 is 4.90 Å². The third-order valence-corrected chi connectivity index (χ3v) is 4.83. The molecule has 0 atom stereocenters. The number of nitrogens with zero attached hydrogens (tertiary/aromatic N) is 1. The van der Waals surface area contributed by atoms with Gasteiger partial charge in [0.25, 0.3) is 5.91 Å². The summed E-state index contributed by atoms with van der Waals surface area (Å²) in [5.74, 6) is -0.0200. The Hall–Kier alpha value is -2.85. The van der Waals surface area contributed by atoms with Crippen LogP contribution >= 0.6 is 11.3 Å². The molecular formula is C20H16N2OS. The van der Waals surface area contributed by atoms with Crippen molar-refractivity contribution in [3.8, 4) is 0 Å². The van der Waals surface area contributed by atoms with Gasteiger partial charge in [0.2, 0.25) is 0 Å². The zero-order chi connectivity index (χ0) is 16.4. The number of carbonyl (C=O) groups is 1. The molecule has 1 N–H and O–H groups in total. The highest BCUT2D eigenvalue weighted by molar-refractivity contribution is 7.17. The Bertz CT molecular complexity index is 928. The minimum Gasteiger partial charge on any atom is -0.350 e. The molecule has 0 bridgehead atoms. The van der Waals surface area contributed by atoms with Crippen molar-refractivity contribution in [2.75, 3.05) is 4.90 Å². The monoisotopic (exact) mass is 332 g/mol. The largest absolute Gasteiger partial charge is 0.350 e. The Morgan fingerprint density at radius 3 is 2.38 bits per heavy atom. The molecular weight excluding hydrogens is 316 g/mol. The molecule has 24 heavy (non-hydrogen) atoms. The van der Waals surface area contributed by atoms with E-state index in [0.29, 0.717) is 12.2 Å². The van der Waals surface area contributed by atoms with Crippen molar-refractivity contribution in [1.82, 2.24) is 4.98 Å². The van der Waals surface area contributed by atoms with Gasteiger partial charge in [-0.05, 0) is 35.2 Å². The Morgan fingerprint density at radius 1 is 0.958 bits per heavy atom. The van der Waals surface area contributed by atoms with Gasteiger partial charge in [-0.2, -0.15) is 0 Å². The SMILES string of the molecule is O=C(c1cc2sccc2[nH]1)N(Cc1ccccc1)c1ccccc1. The first-order valence-corrected chi connectivity index (χ1v) is 8.66. The second-order valence-electron chi connectivity index (χ2n) is 5.59. The van der Waals surface area contributed by atoms with Crippen LogP contribution in [-0.2, 0) is 6.54 Å². The van der Waals surface area contributed by atoms with Crippen LogP contribution in [0, 0.1) is 0 Å². The van der Waals surface area contributed by atoms with E-state index < -0.39 is 0 Å².